The number of ether oxygens (including phenoxy) is 1. The fourth-order valence-electron chi connectivity index (χ4n) is 0.728. The average molecular weight is 175 g/mol. The molecule has 4 heteroatoms. The topological polar surface area (TPSA) is 49.8 Å². The Morgan fingerprint density at radius 3 is 2.67 bits per heavy atom. The summed E-state index contributed by atoms with van der Waals surface area (Å²) in [6, 6.07) is 0. The highest BCUT2D eigenvalue weighted by atomic mass is 16.5. The lowest BCUT2D eigenvalue weighted by atomic mass is 10.4. The van der Waals surface area contributed by atoms with Gasteiger partial charge in [0.25, 0.3) is 0 Å². The number of hydrogen-bond donors (Lipinski definition) is 1. The molecule has 0 aromatic heterocycles. The van der Waals surface area contributed by atoms with Crippen LogP contribution in [-0.2, 0) is 9.53 Å². The van der Waals surface area contributed by atoms with Crippen molar-refractivity contribution in [1.29, 1.82) is 0 Å². The van der Waals surface area contributed by atoms with Gasteiger partial charge in [-0.25, -0.2) is 0 Å². The molecular formula is C8H17NO3. The van der Waals surface area contributed by atoms with Crippen LogP contribution in [-0.4, -0.2) is 49.3 Å². The van der Waals surface area contributed by atoms with Crippen LogP contribution in [0, 0.1) is 0 Å². The van der Waals surface area contributed by atoms with Gasteiger partial charge in [0.15, 0.2) is 0 Å². The van der Waals surface area contributed by atoms with Gasteiger partial charge in [-0.1, -0.05) is 0 Å². The lowest BCUT2D eigenvalue weighted by molar-refractivity contribution is -0.127. The van der Waals surface area contributed by atoms with E-state index in [2.05, 4.69) is 0 Å². The van der Waals surface area contributed by atoms with Crippen molar-refractivity contribution in [2.45, 2.75) is 13.3 Å². The molecule has 0 unspecified atom stereocenters. The maximum absolute atomic E-state index is 10.7. The van der Waals surface area contributed by atoms with E-state index in [1.165, 1.54) is 6.92 Å². The van der Waals surface area contributed by atoms with Crippen LogP contribution in [0.2, 0.25) is 0 Å². The number of aliphatic hydroxyl groups is 1. The van der Waals surface area contributed by atoms with Crippen LogP contribution in [0.1, 0.15) is 13.3 Å². The van der Waals surface area contributed by atoms with Crippen LogP contribution < -0.4 is 0 Å². The van der Waals surface area contributed by atoms with Gasteiger partial charge in [-0.2, -0.15) is 0 Å². The number of carbonyl (C=O) groups excluding carboxylic acids is 1. The molecule has 0 heterocycles. The third kappa shape index (κ3) is 6.12. The Balaban J connectivity index is 3.14. The second kappa shape index (κ2) is 7.06. The Morgan fingerprint density at radius 1 is 1.50 bits per heavy atom. The van der Waals surface area contributed by atoms with Gasteiger partial charge in [0.05, 0.1) is 13.2 Å². The molecule has 4 nitrogen and oxygen atoms in total. The molecule has 0 saturated carbocycles. The van der Waals surface area contributed by atoms with Crippen molar-refractivity contribution in [2.24, 2.45) is 0 Å². The fraction of sp³-hybridized carbons (Fsp3) is 0.875. The van der Waals surface area contributed by atoms with Gasteiger partial charge >= 0.3 is 0 Å². The number of rotatable bonds is 6. The van der Waals surface area contributed by atoms with Gasteiger partial charge in [0.2, 0.25) is 5.91 Å². The third-order valence-corrected chi connectivity index (χ3v) is 1.56. The normalized spacial score (nSPS) is 9.92. The molecule has 0 saturated heterocycles. The summed E-state index contributed by atoms with van der Waals surface area (Å²) in [6.07, 6.45) is 0.816. The van der Waals surface area contributed by atoms with Crippen LogP contribution in [0.5, 0.6) is 0 Å². The van der Waals surface area contributed by atoms with Crippen molar-refractivity contribution in [3.05, 3.63) is 0 Å². The zero-order valence-electron chi connectivity index (χ0n) is 7.75. The third-order valence-electron chi connectivity index (χ3n) is 1.56. The van der Waals surface area contributed by atoms with Gasteiger partial charge < -0.3 is 14.7 Å². The van der Waals surface area contributed by atoms with Gasteiger partial charge in [-0.05, 0) is 6.42 Å². The molecule has 0 rings (SSSR count). The maximum Gasteiger partial charge on any atom is 0.219 e. The van der Waals surface area contributed by atoms with Crippen LogP contribution in [0.4, 0.5) is 0 Å². The first-order valence-electron chi connectivity index (χ1n) is 4.08. The molecule has 0 aliphatic rings. The SMILES string of the molecule is CC(=O)N(C)CCCOCCO. The minimum absolute atomic E-state index is 0.0581. The van der Waals surface area contributed by atoms with Crippen molar-refractivity contribution < 1.29 is 14.6 Å². The molecule has 0 aromatic rings. The van der Waals surface area contributed by atoms with E-state index in [0.717, 1.165) is 6.42 Å². The number of aliphatic hydroxyl groups excluding tert-OH is 1. The smallest absolute Gasteiger partial charge is 0.219 e. The largest absolute Gasteiger partial charge is 0.394 e. The Labute approximate surface area is 73.1 Å². The van der Waals surface area contributed by atoms with Crippen LogP contribution in [0.25, 0.3) is 0 Å². The second-order valence-corrected chi connectivity index (χ2v) is 2.63. The van der Waals surface area contributed by atoms with Gasteiger partial charge in [-0.15, -0.1) is 0 Å². The van der Waals surface area contributed by atoms with E-state index < -0.39 is 0 Å². The Kier molecular flexibility index (Phi) is 6.70. The molecule has 0 aliphatic heterocycles. The molecule has 0 bridgehead atoms. The van der Waals surface area contributed by atoms with E-state index >= 15 is 0 Å². The van der Waals surface area contributed by atoms with E-state index in [-0.39, 0.29) is 12.5 Å². The van der Waals surface area contributed by atoms with Crippen molar-refractivity contribution in [1.82, 2.24) is 4.90 Å². The first kappa shape index (κ1) is 11.4. The highest BCUT2D eigenvalue weighted by Gasteiger charge is 1.99. The van der Waals surface area contributed by atoms with E-state index in [4.69, 9.17) is 9.84 Å². The monoisotopic (exact) mass is 175 g/mol. The van der Waals surface area contributed by atoms with E-state index in [0.29, 0.717) is 19.8 Å². The highest BCUT2D eigenvalue weighted by Crippen LogP contribution is 1.88. The summed E-state index contributed by atoms with van der Waals surface area (Å²) in [5.41, 5.74) is 0. The number of hydrogen-bond acceptors (Lipinski definition) is 3. The zero-order valence-corrected chi connectivity index (χ0v) is 7.75. The van der Waals surface area contributed by atoms with E-state index in [9.17, 15) is 4.79 Å². The number of nitrogens with zero attached hydrogens (tertiary/aromatic N) is 1. The summed E-state index contributed by atoms with van der Waals surface area (Å²) in [5.74, 6) is 0.0668. The summed E-state index contributed by atoms with van der Waals surface area (Å²) in [4.78, 5) is 12.3. The van der Waals surface area contributed by atoms with Crippen LogP contribution >= 0.6 is 0 Å². The quantitative estimate of drug-likeness (QED) is 0.572. The Morgan fingerprint density at radius 2 is 2.17 bits per heavy atom. The summed E-state index contributed by atoms with van der Waals surface area (Å²) >= 11 is 0. The average Bonchev–Trinajstić information content (AvgIpc) is 2.03. The Bertz CT molecular complexity index is 127. The van der Waals surface area contributed by atoms with E-state index in [1.807, 2.05) is 0 Å². The second-order valence-electron chi connectivity index (χ2n) is 2.63. The number of carbonyl (C=O) groups is 1. The molecular weight excluding hydrogens is 158 g/mol. The summed E-state index contributed by atoms with van der Waals surface area (Å²) in [5, 5.41) is 8.37. The first-order chi connectivity index (χ1) is 5.68. The predicted molar refractivity (Wildman–Crippen MR) is 45.8 cm³/mol. The van der Waals surface area contributed by atoms with Gasteiger partial charge in [-0.3, -0.25) is 4.79 Å². The lowest BCUT2D eigenvalue weighted by Gasteiger charge is -2.13. The molecule has 12 heavy (non-hydrogen) atoms. The van der Waals surface area contributed by atoms with Gasteiger partial charge in [0.1, 0.15) is 0 Å². The standard InChI is InChI=1S/C8H17NO3/c1-8(11)9(2)4-3-6-12-7-5-10/h10H,3-7H2,1-2H3. The summed E-state index contributed by atoms with van der Waals surface area (Å²) in [6.45, 7) is 3.28. The molecule has 0 radical (unpaired) electrons. The minimum Gasteiger partial charge on any atom is -0.394 e. The van der Waals surface area contributed by atoms with Crippen molar-refractivity contribution >= 4 is 5.91 Å². The molecule has 0 spiro atoms. The molecule has 1 amide bonds. The van der Waals surface area contributed by atoms with Crippen LogP contribution in [0.15, 0.2) is 0 Å². The molecule has 0 fully saturated rings. The maximum atomic E-state index is 10.7. The first-order valence-corrected chi connectivity index (χ1v) is 4.08. The molecule has 1 N–H and O–H groups in total. The van der Waals surface area contributed by atoms with Crippen LogP contribution in [0.3, 0.4) is 0 Å². The van der Waals surface area contributed by atoms with Crippen molar-refractivity contribution in [2.75, 3.05) is 33.4 Å². The minimum atomic E-state index is 0.0581. The molecule has 0 aromatic carbocycles. The predicted octanol–water partition coefficient (Wildman–Crippen LogP) is -0.136. The van der Waals surface area contributed by atoms with E-state index in [1.54, 1.807) is 11.9 Å². The number of amides is 1. The van der Waals surface area contributed by atoms with Gasteiger partial charge in [0, 0.05) is 27.1 Å². The Hall–Kier alpha value is -0.610. The molecule has 0 aliphatic carbocycles. The summed E-state index contributed by atoms with van der Waals surface area (Å²) in [7, 11) is 1.76. The molecule has 0 atom stereocenters. The van der Waals surface area contributed by atoms with Crippen molar-refractivity contribution in [3.63, 3.8) is 0 Å². The van der Waals surface area contributed by atoms with Crippen molar-refractivity contribution in [3.8, 4) is 0 Å². The lowest BCUT2D eigenvalue weighted by Crippen LogP contribution is -2.25. The summed E-state index contributed by atoms with van der Waals surface area (Å²) < 4.78 is 5.02. The highest BCUT2D eigenvalue weighted by molar-refractivity contribution is 5.72. The molecule has 72 valence electrons. The zero-order chi connectivity index (χ0) is 9.40. The fourth-order valence-corrected chi connectivity index (χ4v) is 0.728.